The molecule has 1 saturated heterocycles. The van der Waals surface area contributed by atoms with Crippen LogP contribution in [0, 0.1) is 11.6 Å². The Balaban J connectivity index is 1.62. The minimum Gasteiger partial charge on any atom is -0.364 e. The highest BCUT2D eigenvalue weighted by Crippen LogP contribution is 2.36. The molecule has 13 heteroatoms. The third-order valence-electron chi connectivity index (χ3n) is 5.65. The fourth-order valence-electron chi connectivity index (χ4n) is 3.94. The maximum Gasteiger partial charge on any atom is 0.240 e. The van der Waals surface area contributed by atoms with Gasteiger partial charge >= 0.3 is 0 Å². The number of nitrogens with two attached hydrogens (primary N) is 1. The van der Waals surface area contributed by atoms with Gasteiger partial charge in [-0.25, -0.2) is 42.3 Å². The molecule has 5 rings (SSSR count). The fourth-order valence-corrected chi connectivity index (χ4v) is 4.75. The van der Waals surface area contributed by atoms with Gasteiger partial charge in [-0.05, 0) is 43.3 Å². The molecule has 1 unspecified atom stereocenters. The van der Waals surface area contributed by atoms with Gasteiger partial charge in [0.2, 0.25) is 10.0 Å². The Morgan fingerprint density at radius 1 is 1.14 bits per heavy atom. The Bertz CT molecular complexity index is 1560. The van der Waals surface area contributed by atoms with Crippen LogP contribution in [0.1, 0.15) is 6.42 Å². The molecule has 0 spiro atoms. The lowest BCUT2D eigenvalue weighted by atomic mass is 10.0. The van der Waals surface area contributed by atoms with Gasteiger partial charge in [0, 0.05) is 29.9 Å². The zero-order valence-electron chi connectivity index (χ0n) is 18.0. The highest BCUT2D eigenvalue weighted by atomic mass is 35.5. The number of rotatable bonds is 5. The van der Waals surface area contributed by atoms with Crippen molar-refractivity contribution >= 4 is 38.5 Å². The number of pyridine rings is 2. The first-order valence-corrected chi connectivity index (χ1v) is 12.4. The zero-order chi connectivity index (χ0) is 24.7. The lowest BCUT2D eigenvalue weighted by molar-refractivity contribution is 0.554. The van der Waals surface area contributed by atoms with Crippen molar-refractivity contribution in [2.75, 3.05) is 18.4 Å². The van der Waals surface area contributed by atoms with Crippen LogP contribution in [-0.2, 0) is 10.0 Å². The Kier molecular flexibility index (Phi) is 6.05. The van der Waals surface area contributed by atoms with Crippen LogP contribution in [-0.4, -0.2) is 47.5 Å². The molecule has 0 saturated carbocycles. The van der Waals surface area contributed by atoms with Crippen molar-refractivity contribution in [3.8, 4) is 22.4 Å². The smallest absolute Gasteiger partial charge is 0.240 e. The lowest BCUT2D eigenvalue weighted by Gasteiger charge is -2.14. The normalized spacial score (nSPS) is 16.1. The van der Waals surface area contributed by atoms with Crippen LogP contribution in [0.5, 0.6) is 0 Å². The van der Waals surface area contributed by atoms with Gasteiger partial charge in [-0.1, -0.05) is 11.6 Å². The minimum absolute atomic E-state index is 0.147. The maximum absolute atomic E-state index is 15.1. The van der Waals surface area contributed by atoms with Crippen molar-refractivity contribution in [2.45, 2.75) is 17.4 Å². The molecule has 1 atom stereocenters. The summed E-state index contributed by atoms with van der Waals surface area (Å²) in [5.74, 6) is -1.82. The monoisotopic (exact) mass is 517 g/mol. The van der Waals surface area contributed by atoms with Gasteiger partial charge < -0.3 is 10.6 Å². The minimum atomic E-state index is -4.44. The predicted octanol–water partition coefficient (Wildman–Crippen LogP) is 3.11. The van der Waals surface area contributed by atoms with Crippen LogP contribution in [0.15, 0.2) is 47.8 Å². The molecular weight excluding hydrogens is 500 g/mol. The van der Waals surface area contributed by atoms with Gasteiger partial charge in [0.15, 0.2) is 11.6 Å². The SMILES string of the molecule is NS(=O)(=O)c1ccc(F)c(-c2cc(-c3ccc4ncnc(NC5CCNC5)c4n3)cnc2Cl)c1F. The molecule has 3 aromatic heterocycles. The second kappa shape index (κ2) is 9.04. The largest absolute Gasteiger partial charge is 0.364 e. The van der Waals surface area contributed by atoms with E-state index >= 15 is 4.39 Å². The van der Waals surface area contributed by atoms with Crippen molar-refractivity contribution in [3.63, 3.8) is 0 Å². The Hall–Kier alpha value is -3.32. The molecule has 1 aromatic carbocycles. The van der Waals surface area contributed by atoms with E-state index in [9.17, 15) is 12.8 Å². The number of aromatic nitrogens is 4. The lowest BCUT2D eigenvalue weighted by Crippen LogP contribution is -2.23. The molecule has 1 fully saturated rings. The fraction of sp³-hybridized carbons (Fsp3) is 0.182. The van der Waals surface area contributed by atoms with Crippen LogP contribution in [0.3, 0.4) is 0 Å². The first kappa shape index (κ1) is 23.4. The highest BCUT2D eigenvalue weighted by molar-refractivity contribution is 7.89. The van der Waals surface area contributed by atoms with E-state index in [1.807, 2.05) is 0 Å². The number of sulfonamides is 1. The number of primary sulfonamides is 1. The molecule has 9 nitrogen and oxygen atoms in total. The Morgan fingerprint density at radius 3 is 2.71 bits per heavy atom. The summed E-state index contributed by atoms with van der Waals surface area (Å²) in [6.07, 6.45) is 3.78. The number of benzene rings is 1. The first-order chi connectivity index (χ1) is 16.7. The van der Waals surface area contributed by atoms with Crippen molar-refractivity contribution < 1.29 is 17.2 Å². The highest BCUT2D eigenvalue weighted by Gasteiger charge is 2.24. The van der Waals surface area contributed by atoms with E-state index in [1.165, 1.54) is 18.6 Å². The summed E-state index contributed by atoms with van der Waals surface area (Å²) in [6, 6.07) is 6.57. The van der Waals surface area contributed by atoms with E-state index in [1.54, 1.807) is 12.1 Å². The van der Waals surface area contributed by atoms with Gasteiger partial charge in [0.25, 0.3) is 0 Å². The van der Waals surface area contributed by atoms with Gasteiger partial charge in [0.05, 0.1) is 16.8 Å². The number of hydrogen-bond acceptors (Lipinski definition) is 8. The summed E-state index contributed by atoms with van der Waals surface area (Å²) in [6.45, 7) is 1.70. The number of nitrogens with zero attached hydrogens (tertiary/aromatic N) is 4. The maximum atomic E-state index is 15.1. The van der Waals surface area contributed by atoms with E-state index in [0.29, 0.717) is 28.1 Å². The second-order valence-electron chi connectivity index (χ2n) is 7.96. The number of nitrogens with one attached hydrogen (secondary N) is 2. The number of fused-ring (bicyclic) bond motifs is 1. The summed E-state index contributed by atoms with van der Waals surface area (Å²) in [4.78, 5) is 16.4. The molecule has 4 N–H and O–H groups in total. The third kappa shape index (κ3) is 4.52. The van der Waals surface area contributed by atoms with Crippen LogP contribution in [0.4, 0.5) is 14.6 Å². The quantitative estimate of drug-likeness (QED) is 0.344. The molecule has 35 heavy (non-hydrogen) atoms. The molecule has 0 radical (unpaired) electrons. The predicted molar refractivity (Wildman–Crippen MR) is 127 cm³/mol. The standard InChI is InChI=1S/C22H18ClF2N7O2S/c23-21-13(18-14(24)1-4-17(19(18)25)35(26,33)34)7-11(8-28-21)15-2-3-16-20(32-15)22(30-10-29-16)31-12-5-6-27-9-12/h1-4,7-8,10,12,27H,5-6,9H2,(H2,26,33,34)(H,29,30,31). The Morgan fingerprint density at radius 2 is 1.97 bits per heavy atom. The third-order valence-corrected chi connectivity index (χ3v) is 6.88. The van der Waals surface area contributed by atoms with Gasteiger partial charge in [-0.2, -0.15) is 0 Å². The van der Waals surface area contributed by atoms with Crippen LogP contribution < -0.4 is 15.8 Å². The number of halogens is 3. The molecular formula is C22H18ClF2N7O2S. The molecule has 4 aromatic rings. The average molecular weight is 518 g/mol. The topological polar surface area (TPSA) is 136 Å². The van der Waals surface area contributed by atoms with E-state index in [-0.39, 0.29) is 16.8 Å². The van der Waals surface area contributed by atoms with Crippen molar-refractivity contribution in [2.24, 2.45) is 5.14 Å². The Labute approximate surface area is 203 Å². The molecule has 180 valence electrons. The molecule has 1 aliphatic heterocycles. The molecule has 1 aliphatic rings. The van der Waals surface area contributed by atoms with Crippen molar-refractivity contribution in [1.29, 1.82) is 0 Å². The van der Waals surface area contributed by atoms with Gasteiger partial charge in [-0.15, -0.1) is 0 Å². The van der Waals surface area contributed by atoms with Crippen LogP contribution in [0.25, 0.3) is 33.4 Å². The summed E-state index contributed by atoms with van der Waals surface area (Å²) in [5, 5.41) is 11.5. The molecule has 4 heterocycles. The number of anilines is 1. The summed E-state index contributed by atoms with van der Waals surface area (Å²) in [7, 11) is -4.44. The van der Waals surface area contributed by atoms with Gasteiger partial charge in [0.1, 0.15) is 27.7 Å². The molecule has 0 aliphatic carbocycles. The van der Waals surface area contributed by atoms with E-state index in [4.69, 9.17) is 16.7 Å². The average Bonchev–Trinajstić information content (AvgIpc) is 3.32. The summed E-state index contributed by atoms with van der Waals surface area (Å²) < 4.78 is 53.2. The second-order valence-corrected chi connectivity index (χ2v) is 9.85. The summed E-state index contributed by atoms with van der Waals surface area (Å²) >= 11 is 6.16. The van der Waals surface area contributed by atoms with E-state index in [0.717, 1.165) is 31.6 Å². The summed E-state index contributed by atoms with van der Waals surface area (Å²) in [5.41, 5.74) is 1.14. The van der Waals surface area contributed by atoms with Crippen LogP contribution in [0.2, 0.25) is 5.15 Å². The van der Waals surface area contributed by atoms with Crippen LogP contribution >= 0.6 is 11.6 Å². The van der Waals surface area contributed by atoms with Crippen molar-refractivity contribution in [1.82, 2.24) is 25.3 Å². The van der Waals surface area contributed by atoms with Gasteiger partial charge in [-0.3, -0.25) is 0 Å². The number of hydrogen-bond donors (Lipinski definition) is 3. The zero-order valence-corrected chi connectivity index (χ0v) is 19.5. The molecule has 0 amide bonds. The van der Waals surface area contributed by atoms with E-state index < -0.39 is 32.1 Å². The van der Waals surface area contributed by atoms with E-state index in [2.05, 4.69) is 30.6 Å². The first-order valence-electron chi connectivity index (χ1n) is 10.5. The van der Waals surface area contributed by atoms with Crippen molar-refractivity contribution in [3.05, 3.63) is 59.6 Å². The molecule has 0 bridgehead atoms.